The lowest BCUT2D eigenvalue weighted by Crippen LogP contribution is -1.87. The molecular formula is C19H18. The van der Waals surface area contributed by atoms with E-state index < -0.39 is 54.4 Å². The molecule has 0 aliphatic rings. The second-order valence-corrected chi connectivity index (χ2v) is 4.44. The molecule has 0 bridgehead atoms. The first-order chi connectivity index (χ1) is 13.8. The summed E-state index contributed by atoms with van der Waals surface area (Å²) in [7, 11) is 0. The molecule has 19 heavy (non-hydrogen) atoms. The van der Waals surface area contributed by atoms with Crippen LogP contribution in [0.4, 0.5) is 0 Å². The molecule has 0 spiro atoms. The Morgan fingerprint density at radius 1 is 0.789 bits per heavy atom. The lowest BCUT2D eigenvalue weighted by atomic mass is 9.95. The fraction of sp³-hybridized carbons (Fsp3) is 0.158. The second kappa shape index (κ2) is 4.89. The first-order valence-corrected chi connectivity index (χ1v) is 5.94. The Morgan fingerprint density at radius 2 is 1.47 bits per heavy atom. The lowest BCUT2D eigenvalue weighted by Gasteiger charge is -2.09. The molecule has 0 heterocycles. The lowest BCUT2D eigenvalue weighted by molar-refractivity contribution is 0.867. The molecule has 94 valence electrons. The third-order valence-electron chi connectivity index (χ3n) is 2.78. The molecule has 0 atom stereocenters. The van der Waals surface area contributed by atoms with Crippen molar-refractivity contribution in [3.8, 4) is 11.1 Å². The van der Waals surface area contributed by atoms with Crippen molar-refractivity contribution in [1.82, 2.24) is 0 Å². The van der Waals surface area contributed by atoms with Gasteiger partial charge in [-0.3, -0.25) is 0 Å². The van der Waals surface area contributed by atoms with Crippen LogP contribution in [0.3, 0.4) is 0 Å². The normalized spacial score (nSPS) is 19.2. The largest absolute Gasteiger partial charge is 0.0629 e. The summed E-state index contributed by atoms with van der Waals surface area (Å²) in [5, 5.41) is -0.549. The van der Waals surface area contributed by atoms with Crippen LogP contribution in [0.15, 0.2) is 66.5 Å². The molecule has 0 saturated heterocycles. The van der Waals surface area contributed by atoms with Crippen molar-refractivity contribution in [3.05, 3.63) is 72.0 Å². The van der Waals surface area contributed by atoms with Crippen LogP contribution >= 0.6 is 0 Å². The van der Waals surface area contributed by atoms with Crippen LogP contribution < -0.4 is 0 Å². The van der Waals surface area contributed by atoms with Gasteiger partial charge in [-0.05, 0) is 33.4 Å². The SMILES string of the molecule is [2H]c1c([2H])c(C(C)C)c([2H])c([2H])c1-c1c([2H])c([2H])c([2H])c2c([2H])c([2H])c([2H])c([2H])c12. The minimum absolute atomic E-state index is 0.190. The number of fused-ring (bicyclic) bond motifs is 1. The van der Waals surface area contributed by atoms with Gasteiger partial charge in [-0.2, -0.15) is 0 Å². The molecule has 0 saturated carbocycles. The van der Waals surface area contributed by atoms with E-state index in [1.807, 2.05) is 0 Å². The minimum atomic E-state index is -0.618. The van der Waals surface area contributed by atoms with E-state index in [0.717, 1.165) is 0 Å². The molecule has 0 N–H and O–H groups in total. The highest BCUT2D eigenvalue weighted by Gasteiger charge is 2.04. The van der Waals surface area contributed by atoms with Gasteiger partial charge in [0.2, 0.25) is 0 Å². The summed E-state index contributed by atoms with van der Waals surface area (Å²) in [6.45, 7) is 3.45. The van der Waals surface area contributed by atoms with Crippen molar-refractivity contribution in [1.29, 1.82) is 0 Å². The first-order valence-electron chi connectivity index (χ1n) is 11.4. The van der Waals surface area contributed by atoms with Crippen molar-refractivity contribution in [2.24, 2.45) is 0 Å². The van der Waals surface area contributed by atoms with Crippen LogP contribution in [-0.2, 0) is 0 Å². The van der Waals surface area contributed by atoms with E-state index in [1.165, 1.54) is 0 Å². The summed E-state index contributed by atoms with van der Waals surface area (Å²) < 4.78 is 90.5. The Labute approximate surface area is 130 Å². The van der Waals surface area contributed by atoms with Crippen molar-refractivity contribution in [3.63, 3.8) is 0 Å². The fourth-order valence-electron chi connectivity index (χ4n) is 1.74. The summed E-state index contributed by atoms with van der Waals surface area (Å²) in [5.41, 5.74) is -0.428. The molecule has 3 aromatic rings. The standard InChI is InChI=1S/C19H18/c1-14(2)15-10-12-17(13-11-15)19-9-5-7-16-6-3-4-8-18(16)19/h3-14H,1-2H3/i3D,4D,5D,6D,7D,8D,9D,10D,11D,12D,13D. The molecule has 0 unspecified atom stereocenters. The molecule has 0 aromatic heterocycles. The molecule has 0 radical (unpaired) electrons. The Hall–Kier alpha value is -2.08. The average Bonchev–Trinajstić information content (AvgIpc) is 2.68. The highest BCUT2D eigenvalue weighted by molar-refractivity contribution is 5.96. The van der Waals surface area contributed by atoms with Crippen LogP contribution in [0.1, 0.15) is 40.4 Å². The second-order valence-electron chi connectivity index (χ2n) is 4.44. The van der Waals surface area contributed by atoms with Crippen LogP contribution in [0.5, 0.6) is 0 Å². The van der Waals surface area contributed by atoms with Crippen molar-refractivity contribution >= 4 is 10.8 Å². The third-order valence-corrected chi connectivity index (χ3v) is 2.78. The van der Waals surface area contributed by atoms with Gasteiger partial charge in [0.25, 0.3) is 0 Å². The van der Waals surface area contributed by atoms with E-state index in [9.17, 15) is 0 Å². The molecular weight excluding hydrogens is 228 g/mol. The summed E-state index contributed by atoms with van der Waals surface area (Å²) >= 11 is 0. The van der Waals surface area contributed by atoms with E-state index >= 15 is 0 Å². The van der Waals surface area contributed by atoms with E-state index in [-0.39, 0.29) is 45.5 Å². The van der Waals surface area contributed by atoms with Gasteiger partial charge in [0, 0.05) is 0 Å². The molecule has 3 rings (SSSR count). The third kappa shape index (κ3) is 2.26. The van der Waals surface area contributed by atoms with Gasteiger partial charge in [-0.25, -0.2) is 0 Å². The van der Waals surface area contributed by atoms with Crippen LogP contribution in [0.2, 0.25) is 0 Å². The maximum absolute atomic E-state index is 8.45. The minimum Gasteiger partial charge on any atom is -0.0616 e. The van der Waals surface area contributed by atoms with Crippen LogP contribution in [0.25, 0.3) is 21.9 Å². The molecule has 0 amide bonds. The van der Waals surface area contributed by atoms with Gasteiger partial charge in [-0.15, -0.1) is 0 Å². The quantitative estimate of drug-likeness (QED) is 0.558. The average molecular weight is 257 g/mol. The van der Waals surface area contributed by atoms with E-state index in [1.54, 1.807) is 13.8 Å². The number of hydrogen-bond acceptors (Lipinski definition) is 0. The maximum atomic E-state index is 8.45. The smallest absolute Gasteiger partial charge is 0.0616 e. The molecule has 0 aliphatic heterocycles. The monoisotopic (exact) mass is 257 g/mol. The van der Waals surface area contributed by atoms with Gasteiger partial charge >= 0.3 is 0 Å². The Bertz CT molecular complexity index is 1190. The molecule has 0 heteroatoms. The topological polar surface area (TPSA) is 0 Å². The van der Waals surface area contributed by atoms with E-state index in [2.05, 4.69) is 0 Å². The number of benzene rings is 3. The summed E-state index contributed by atoms with van der Waals surface area (Å²) in [6, 6.07) is -5.63. The summed E-state index contributed by atoms with van der Waals surface area (Å²) in [6.07, 6.45) is 0. The maximum Gasteiger partial charge on any atom is 0.0629 e. The highest BCUT2D eigenvalue weighted by Crippen LogP contribution is 2.29. The zero-order chi connectivity index (χ0) is 22.8. The predicted octanol–water partition coefficient (Wildman–Crippen LogP) is 5.63. The van der Waals surface area contributed by atoms with Gasteiger partial charge in [0.05, 0.1) is 15.1 Å². The van der Waals surface area contributed by atoms with Gasteiger partial charge in [-0.1, -0.05) is 80.3 Å². The zero-order valence-electron chi connectivity index (χ0n) is 21.6. The molecule has 0 nitrogen and oxygen atoms in total. The van der Waals surface area contributed by atoms with E-state index in [4.69, 9.17) is 15.1 Å². The van der Waals surface area contributed by atoms with Gasteiger partial charge in [0.1, 0.15) is 0 Å². The van der Waals surface area contributed by atoms with Crippen LogP contribution in [0, 0.1) is 0 Å². The van der Waals surface area contributed by atoms with Crippen molar-refractivity contribution < 1.29 is 15.1 Å². The Morgan fingerprint density at radius 3 is 2.21 bits per heavy atom. The zero-order valence-corrected chi connectivity index (χ0v) is 10.6. The number of rotatable bonds is 2. The first kappa shape index (κ1) is 4.79. The van der Waals surface area contributed by atoms with E-state index in [0.29, 0.717) is 0 Å². The highest BCUT2D eigenvalue weighted by atomic mass is 14.1. The molecule has 0 aliphatic carbocycles. The summed E-state index contributed by atoms with van der Waals surface area (Å²) in [4.78, 5) is 0. The molecule has 3 aromatic carbocycles. The fourth-order valence-corrected chi connectivity index (χ4v) is 1.74. The van der Waals surface area contributed by atoms with Gasteiger partial charge < -0.3 is 0 Å². The predicted molar refractivity (Wildman–Crippen MR) is 83.5 cm³/mol. The molecule has 0 fully saturated rings. The Kier molecular flexibility index (Phi) is 1.23. The van der Waals surface area contributed by atoms with Crippen LogP contribution in [-0.4, -0.2) is 0 Å². The van der Waals surface area contributed by atoms with Crippen molar-refractivity contribution in [2.75, 3.05) is 0 Å². The van der Waals surface area contributed by atoms with Gasteiger partial charge in [0.15, 0.2) is 0 Å². The Balaban J connectivity index is 2.69. The summed E-state index contributed by atoms with van der Waals surface area (Å²) in [5.74, 6) is -0.306. The van der Waals surface area contributed by atoms with Crippen molar-refractivity contribution in [2.45, 2.75) is 19.8 Å². The number of hydrogen-bond donors (Lipinski definition) is 0.